The zero-order chi connectivity index (χ0) is 17.2. The summed E-state index contributed by atoms with van der Waals surface area (Å²) in [5.41, 5.74) is -0.930. The van der Waals surface area contributed by atoms with Gasteiger partial charge in [-0.15, -0.1) is 0 Å². The lowest BCUT2D eigenvalue weighted by Gasteiger charge is -2.32. The highest BCUT2D eigenvalue weighted by Crippen LogP contribution is 2.34. The Kier molecular flexibility index (Phi) is 4.79. The summed E-state index contributed by atoms with van der Waals surface area (Å²) < 4.78 is 49.1. The van der Waals surface area contributed by atoms with E-state index in [9.17, 15) is 18.0 Å². The van der Waals surface area contributed by atoms with Crippen LogP contribution in [-0.4, -0.2) is 54.4 Å². The lowest BCUT2D eigenvalue weighted by Crippen LogP contribution is -2.50. The summed E-state index contributed by atoms with van der Waals surface area (Å²) in [6.45, 7) is 1.09. The number of hydrogen-bond donors (Lipinski definition) is 1. The molecule has 2 aliphatic rings. The Morgan fingerprint density at radius 1 is 1.38 bits per heavy atom. The molecule has 1 aromatic rings. The smallest absolute Gasteiger partial charge is 0.421 e. The van der Waals surface area contributed by atoms with E-state index >= 15 is 0 Å². The van der Waals surface area contributed by atoms with E-state index in [4.69, 9.17) is 9.47 Å². The number of urea groups is 1. The van der Waals surface area contributed by atoms with E-state index in [0.717, 1.165) is 18.9 Å². The number of halogens is 3. The first-order valence-corrected chi connectivity index (χ1v) is 7.77. The van der Waals surface area contributed by atoms with Crippen molar-refractivity contribution in [2.24, 2.45) is 0 Å². The first-order chi connectivity index (χ1) is 11.4. The summed E-state index contributed by atoms with van der Waals surface area (Å²) in [7, 11) is 0. The number of nitrogens with zero attached hydrogens (tertiary/aromatic N) is 2. The molecule has 6 nitrogen and oxygen atoms in total. The average Bonchev–Trinajstić information content (AvgIpc) is 2.89. The van der Waals surface area contributed by atoms with Gasteiger partial charge >= 0.3 is 12.2 Å². The van der Waals surface area contributed by atoms with Crippen molar-refractivity contribution in [1.82, 2.24) is 15.2 Å². The van der Waals surface area contributed by atoms with Gasteiger partial charge in [0.2, 0.25) is 5.88 Å². The fourth-order valence-corrected chi connectivity index (χ4v) is 2.92. The number of nitrogens with one attached hydrogen (secondary N) is 1. The minimum atomic E-state index is -4.53. The van der Waals surface area contributed by atoms with Crippen molar-refractivity contribution in [2.45, 2.75) is 31.2 Å². The normalized spacial score (nSPS) is 23.2. The molecule has 2 bridgehead atoms. The Labute approximate surface area is 136 Å². The number of alkyl halides is 3. The Hall–Kier alpha value is -2.03. The fourth-order valence-electron chi connectivity index (χ4n) is 2.92. The van der Waals surface area contributed by atoms with Gasteiger partial charge in [-0.05, 0) is 25.0 Å². The predicted octanol–water partition coefficient (Wildman–Crippen LogP) is 2.05. The molecule has 0 spiro atoms. The van der Waals surface area contributed by atoms with Gasteiger partial charge in [0.15, 0.2) is 0 Å². The maximum absolute atomic E-state index is 12.8. The molecule has 132 valence electrons. The topological polar surface area (TPSA) is 63.7 Å². The second-order valence-electron chi connectivity index (χ2n) is 5.80. The molecule has 2 fully saturated rings. The highest BCUT2D eigenvalue weighted by molar-refractivity contribution is 5.74. The molecule has 24 heavy (non-hydrogen) atoms. The average molecular weight is 345 g/mol. The van der Waals surface area contributed by atoms with Crippen molar-refractivity contribution in [3.63, 3.8) is 0 Å². The third-order valence-electron chi connectivity index (χ3n) is 4.02. The molecule has 2 aliphatic heterocycles. The number of ether oxygens (including phenoxy) is 2. The van der Waals surface area contributed by atoms with Crippen LogP contribution in [0.1, 0.15) is 18.4 Å². The van der Waals surface area contributed by atoms with E-state index in [1.54, 1.807) is 4.90 Å². The molecule has 2 unspecified atom stereocenters. The van der Waals surface area contributed by atoms with Crippen molar-refractivity contribution in [3.8, 4) is 5.88 Å². The number of hydrogen-bond acceptors (Lipinski definition) is 4. The molecule has 2 atom stereocenters. The highest BCUT2D eigenvalue weighted by Gasteiger charge is 2.36. The Morgan fingerprint density at radius 3 is 2.75 bits per heavy atom. The number of pyridine rings is 1. The van der Waals surface area contributed by atoms with Crippen LogP contribution in [0, 0.1) is 0 Å². The first-order valence-electron chi connectivity index (χ1n) is 7.77. The molecule has 0 aromatic carbocycles. The first kappa shape index (κ1) is 16.8. The van der Waals surface area contributed by atoms with Crippen molar-refractivity contribution < 1.29 is 27.4 Å². The maximum Gasteiger partial charge on any atom is 0.421 e. The summed E-state index contributed by atoms with van der Waals surface area (Å²) >= 11 is 0. The van der Waals surface area contributed by atoms with Crippen molar-refractivity contribution >= 4 is 6.03 Å². The van der Waals surface area contributed by atoms with Gasteiger partial charge in [0.05, 0.1) is 18.8 Å². The van der Waals surface area contributed by atoms with Crippen LogP contribution in [0.3, 0.4) is 0 Å². The van der Waals surface area contributed by atoms with Gasteiger partial charge in [-0.3, -0.25) is 0 Å². The van der Waals surface area contributed by atoms with Crippen LogP contribution in [0.5, 0.6) is 5.88 Å². The summed E-state index contributed by atoms with van der Waals surface area (Å²) in [5.74, 6) is -0.483. The maximum atomic E-state index is 12.8. The number of carbonyl (C=O) groups is 1. The third kappa shape index (κ3) is 3.89. The van der Waals surface area contributed by atoms with E-state index in [2.05, 4.69) is 10.3 Å². The number of rotatable bonds is 4. The minimum Gasteiger partial charge on any atom is -0.475 e. The Balaban J connectivity index is 1.45. The van der Waals surface area contributed by atoms with Gasteiger partial charge in [-0.25, -0.2) is 9.78 Å². The molecular formula is C15H18F3N3O3. The standard InChI is InChI=1S/C15H18F3N3O3/c16-15(17,18)12-2-1-5-19-13(12)23-7-6-20-14(22)21-8-10-3-4-11(9-21)24-10/h1-2,5,10-11H,3-4,6-9H2,(H,20,22). The molecule has 2 saturated heterocycles. The molecule has 0 saturated carbocycles. The monoisotopic (exact) mass is 345 g/mol. The van der Waals surface area contributed by atoms with Crippen LogP contribution < -0.4 is 10.1 Å². The molecule has 1 N–H and O–H groups in total. The van der Waals surface area contributed by atoms with Crippen molar-refractivity contribution in [1.29, 1.82) is 0 Å². The lowest BCUT2D eigenvalue weighted by atomic mass is 10.2. The van der Waals surface area contributed by atoms with Crippen molar-refractivity contribution in [2.75, 3.05) is 26.2 Å². The van der Waals surface area contributed by atoms with E-state index in [0.29, 0.717) is 13.1 Å². The zero-order valence-electron chi connectivity index (χ0n) is 12.9. The van der Waals surface area contributed by atoms with Crippen LogP contribution in [-0.2, 0) is 10.9 Å². The Morgan fingerprint density at radius 2 is 2.08 bits per heavy atom. The Bertz CT molecular complexity index is 585. The molecule has 3 rings (SSSR count). The molecule has 9 heteroatoms. The van der Waals surface area contributed by atoms with E-state index in [1.807, 2.05) is 0 Å². The quantitative estimate of drug-likeness (QED) is 0.849. The van der Waals surface area contributed by atoms with E-state index in [1.165, 1.54) is 12.3 Å². The number of amides is 2. The van der Waals surface area contributed by atoms with E-state index < -0.39 is 17.6 Å². The summed E-state index contributed by atoms with van der Waals surface area (Å²) in [4.78, 5) is 17.3. The van der Waals surface area contributed by atoms with Crippen LogP contribution >= 0.6 is 0 Å². The summed E-state index contributed by atoms with van der Waals surface area (Å²) in [6, 6.07) is 1.85. The summed E-state index contributed by atoms with van der Waals surface area (Å²) in [6.07, 6.45) is -1.20. The minimum absolute atomic E-state index is 0.0913. The number of aromatic nitrogens is 1. The van der Waals surface area contributed by atoms with Crippen molar-refractivity contribution in [3.05, 3.63) is 23.9 Å². The molecule has 1 aromatic heterocycles. The predicted molar refractivity (Wildman–Crippen MR) is 77.6 cm³/mol. The fraction of sp³-hybridized carbons (Fsp3) is 0.600. The van der Waals surface area contributed by atoms with Gasteiger partial charge in [0, 0.05) is 19.3 Å². The second-order valence-corrected chi connectivity index (χ2v) is 5.80. The number of likely N-dealkylation sites (tertiary alicyclic amines) is 1. The molecule has 3 heterocycles. The number of fused-ring (bicyclic) bond motifs is 2. The van der Waals surface area contributed by atoms with Gasteiger partial charge < -0.3 is 19.7 Å². The van der Waals surface area contributed by atoms with Crippen LogP contribution in [0.15, 0.2) is 18.3 Å². The molecule has 2 amide bonds. The van der Waals surface area contributed by atoms with Crippen LogP contribution in [0.4, 0.5) is 18.0 Å². The number of carbonyl (C=O) groups excluding carboxylic acids is 1. The zero-order valence-corrected chi connectivity index (χ0v) is 12.9. The van der Waals surface area contributed by atoms with Gasteiger partial charge in [-0.1, -0.05) is 0 Å². The summed E-state index contributed by atoms with van der Waals surface area (Å²) in [5, 5.41) is 2.65. The van der Waals surface area contributed by atoms with Gasteiger partial charge in [0.25, 0.3) is 0 Å². The van der Waals surface area contributed by atoms with Gasteiger partial charge in [0.1, 0.15) is 12.2 Å². The number of morpholine rings is 1. The highest BCUT2D eigenvalue weighted by atomic mass is 19.4. The SMILES string of the molecule is O=C(NCCOc1ncccc1C(F)(F)F)N1CC2CCC(C1)O2. The van der Waals surface area contributed by atoms with Crippen LogP contribution in [0.2, 0.25) is 0 Å². The molecule has 0 radical (unpaired) electrons. The lowest BCUT2D eigenvalue weighted by molar-refractivity contribution is -0.139. The second kappa shape index (κ2) is 6.84. The van der Waals surface area contributed by atoms with Gasteiger partial charge in [-0.2, -0.15) is 13.2 Å². The largest absolute Gasteiger partial charge is 0.475 e. The molecular weight excluding hydrogens is 327 g/mol. The van der Waals surface area contributed by atoms with E-state index in [-0.39, 0.29) is 31.4 Å². The third-order valence-corrected chi connectivity index (χ3v) is 4.02. The van der Waals surface area contributed by atoms with Crippen LogP contribution in [0.25, 0.3) is 0 Å². The molecule has 0 aliphatic carbocycles.